The molecule has 0 fully saturated rings. The third-order valence-corrected chi connectivity index (χ3v) is 3.35. The van der Waals surface area contributed by atoms with Gasteiger partial charge in [-0.2, -0.15) is 0 Å². The summed E-state index contributed by atoms with van der Waals surface area (Å²) in [6.07, 6.45) is 0.173. The molecular weight excluding hydrogens is 358 g/mol. The molecule has 1 rings (SSSR count). The van der Waals surface area contributed by atoms with Gasteiger partial charge in [0.1, 0.15) is 5.75 Å². The Hall–Kier alpha value is -0.0600. The number of rotatable bonds is 6. The normalized spacial score (nSPS) is 11.3. The summed E-state index contributed by atoms with van der Waals surface area (Å²) in [7, 11) is 0. The highest BCUT2D eigenvalue weighted by molar-refractivity contribution is 9.11. The van der Waals surface area contributed by atoms with E-state index in [1.807, 2.05) is 19.9 Å². The highest BCUT2D eigenvalue weighted by Crippen LogP contribution is 2.33. The summed E-state index contributed by atoms with van der Waals surface area (Å²) in [6, 6.07) is 4.12. The molecule has 1 aromatic carbocycles. The molecule has 0 aliphatic rings. The predicted octanol–water partition coefficient (Wildman–Crippen LogP) is 4.74. The first kappa shape index (κ1) is 16.0. The molecule has 18 heavy (non-hydrogen) atoms. The van der Waals surface area contributed by atoms with Crippen LogP contribution in [0.25, 0.3) is 0 Å². The first-order chi connectivity index (χ1) is 8.40. The molecule has 0 aromatic heterocycles. The van der Waals surface area contributed by atoms with Crippen molar-refractivity contribution in [2.75, 3.05) is 6.54 Å². The van der Waals surface area contributed by atoms with Gasteiger partial charge in [-0.3, -0.25) is 0 Å². The van der Waals surface area contributed by atoms with Crippen molar-refractivity contribution >= 4 is 31.9 Å². The van der Waals surface area contributed by atoms with Crippen molar-refractivity contribution in [1.29, 1.82) is 0 Å². The van der Waals surface area contributed by atoms with Gasteiger partial charge in [-0.05, 0) is 54.4 Å². The average molecular weight is 379 g/mol. The molecule has 0 heterocycles. The molecule has 1 N–H and O–H groups in total. The van der Waals surface area contributed by atoms with Gasteiger partial charge in [0.15, 0.2) is 0 Å². The number of nitrogens with one attached hydrogen (secondary N) is 1. The molecule has 0 bridgehead atoms. The van der Waals surface area contributed by atoms with Gasteiger partial charge in [-0.25, -0.2) is 0 Å². The predicted molar refractivity (Wildman–Crippen MR) is 84.2 cm³/mol. The van der Waals surface area contributed by atoms with Crippen molar-refractivity contribution in [2.24, 2.45) is 5.92 Å². The zero-order chi connectivity index (χ0) is 13.7. The van der Waals surface area contributed by atoms with E-state index >= 15 is 0 Å². The van der Waals surface area contributed by atoms with Gasteiger partial charge in [-0.15, -0.1) is 0 Å². The molecule has 0 saturated heterocycles. The lowest BCUT2D eigenvalue weighted by molar-refractivity contribution is 0.237. The monoisotopic (exact) mass is 377 g/mol. The first-order valence-corrected chi connectivity index (χ1v) is 7.84. The van der Waals surface area contributed by atoms with Crippen LogP contribution in [-0.4, -0.2) is 12.6 Å². The van der Waals surface area contributed by atoms with E-state index in [-0.39, 0.29) is 6.10 Å². The maximum atomic E-state index is 5.88. The van der Waals surface area contributed by atoms with E-state index in [1.165, 1.54) is 5.56 Å². The summed E-state index contributed by atoms with van der Waals surface area (Å²) < 4.78 is 7.94. The maximum absolute atomic E-state index is 5.88. The van der Waals surface area contributed by atoms with E-state index in [1.54, 1.807) is 0 Å². The molecule has 0 saturated carbocycles. The van der Waals surface area contributed by atoms with Gasteiger partial charge in [0, 0.05) is 16.6 Å². The number of benzene rings is 1. The number of halogens is 2. The Kier molecular flexibility index (Phi) is 6.67. The van der Waals surface area contributed by atoms with Crippen LogP contribution in [0.1, 0.15) is 33.3 Å². The molecule has 0 unspecified atom stereocenters. The van der Waals surface area contributed by atoms with Crippen LogP contribution >= 0.6 is 31.9 Å². The second-order valence-corrected chi connectivity index (χ2v) is 6.84. The highest BCUT2D eigenvalue weighted by atomic mass is 79.9. The lowest BCUT2D eigenvalue weighted by Crippen LogP contribution is -2.20. The molecule has 0 spiro atoms. The van der Waals surface area contributed by atoms with Crippen LogP contribution < -0.4 is 10.1 Å². The number of hydrogen-bond acceptors (Lipinski definition) is 2. The second kappa shape index (κ2) is 7.51. The van der Waals surface area contributed by atoms with Gasteiger partial charge in [-0.1, -0.05) is 29.8 Å². The molecule has 4 heteroatoms. The minimum Gasteiger partial charge on any atom is -0.489 e. The quantitative estimate of drug-likeness (QED) is 0.771. The molecule has 0 radical (unpaired) electrons. The van der Waals surface area contributed by atoms with Crippen molar-refractivity contribution in [1.82, 2.24) is 5.32 Å². The lowest BCUT2D eigenvalue weighted by atomic mass is 10.1. The average Bonchev–Trinajstić information content (AvgIpc) is 2.22. The molecule has 0 atom stereocenters. The van der Waals surface area contributed by atoms with Crippen LogP contribution in [0.15, 0.2) is 21.1 Å². The van der Waals surface area contributed by atoms with Gasteiger partial charge < -0.3 is 10.1 Å². The van der Waals surface area contributed by atoms with Crippen molar-refractivity contribution in [3.8, 4) is 5.75 Å². The SMILES string of the molecule is CC(C)CNCc1cc(Br)cc(Br)c1OC(C)C. The van der Waals surface area contributed by atoms with Crippen LogP contribution in [0.4, 0.5) is 0 Å². The minimum absolute atomic E-state index is 0.173. The second-order valence-electron chi connectivity index (χ2n) is 5.07. The Labute approximate surface area is 127 Å². The van der Waals surface area contributed by atoms with Crippen molar-refractivity contribution < 1.29 is 4.74 Å². The van der Waals surface area contributed by atoms with Crippen molar-refractivity contribution in [2.45, 2.75) is 40.3 Å². The van der Waals surface area contributed by atoms with Crippen LogP contribution in [0, 0.1) is 5.92 Å². The third kappa shape index (κ3) is 5.29. The van der Waals surface area contributed by atoms with Gasteiger partial charge in [0.2, 0.25) is 0 Å². The van der Waals surface area contributed by atoms with Crippen LogP contribution in [0.2, 0.25) is 0 Å². The molecule has 0 aliphatic carbocycles. The summed E-state index contributed by atoms with van der Waals surface area (Å²) in [6.45, 7) is 10.3. The fraction of sp³-hybridized carbons (Fsp3) is 0.571. The summed E-state index contributed by atoms with van der Waals surface area (Å²) in [5.41, 5.74) is 1.17. The molecule has 2 nitrogen and oxygen atoms in total. The fourth-order valence-electron chi connectivity index (χ4n) is 1.61. The van der Waals surface area contributed by atoms with E-state index in [0.29, 0.717) is 5.92 Å². The maximum Gasteiger partial charge on any atom is 0.138 e. The first-order valence-electron chi connectivity index (χ1n) is 6.25. The van der Waals surface area contributed by atoms with Crippen molar-refractivity contribution in [3.05, 3.63) is 26.6 Å². The summed E-state index contributed by atoms with van der Waals surface area (Å²) in [5.74, 6) is 1.58. The Morgan fingerprint density at radius 1 is 1.17 bits per heavy atom. The summed E-state index contributed by atoms with van der Waals surface area (Å²) in [5, 5.41) is 3.45. The van der Waals surface area contributed by atoms with Crippen LogP contribution in [0.3, 0.4) is 0 Å². The standard InChI is InChI=1S/C14H21Br2NO/c1-9(2)7-17-8-11-5-12(15)6-13(16)14(11)18-10(3)4/h5-6,9-10,17H,7-8H2,1-4H3. The van der Waals surface area contributed by atoms with E-state index < -0.39 is 0 Å². The minimum atomic E-state index is 0.173. The van der Waals surface area contributed by atoms with E-state index in [2.05, 4.69) is 57.1 Å². The topological polar surface area (TPSA) is 21.3 Å². The Balaban J connectivity index is 2.85. The molecular formula is C14H21Br2NO. The molecule has 0 amide bonds. The Morgan fingerprint density at radius 3 is 2.39 bits per heavy atom. The van der Waals surface area contributed by atoms with E-state index in [9.17, 15) is 0 Å². The largest absolute Gasteiger partial charge is 0.489 e. The summed E-state index contributed by atoms with van der Waals surface area (Å²) in [4.78, 5) is 0. The zero-order valence-electron chi connectivity index (χ0n) is 11.4. The van der Waals surface area contributed by atoms with Gasteiger partial charge >= 0.3 is 0 Å². The lowest BCUT2D eigenvalue weighted by Gasteiger charge is -2.17. The fourth-order valence-corrected chi connectivity index (χ4v) is 3.02. The Bertz CT molecular complexity index is 392. The molecule has 0 aliphatic heterocycles. The smallest absolute Gasteiger partial charge is 0.138 e. The molecule has 102 valence electrons. The van der Waals surface area contributed by atoms with Gasteiger partial charge in [0.25, 0.3) is 0 Å². The van der Waals surface area contributed by atoms with Crippen molar-refractivity contribution in [3.63, 3.8) is 0 Å². The van der Waals surface area contributed by atoms with Crippen LogP contribution in [0.5, 0.6) is 5.75 Å². The van der Waals surface area contributed by atoms with E-state index in [0.717, 1.165) is 27.8 Å². The number of ether oxygens (including phenoxy) is 1. The molecule has 1 aromatic rings. The van der Waals surface area contributed by atoms with Gasteiger partial charge in [0.05, 0.1) is 10.6 Å². The number of hydrogen-bond donors (Lipinski definition) is 1. The zero-order valence-corrected chi connectivity index (χ0v) is 14.6. The highest BCUT2D eigenvalue weighted by Gasteiger charge is 2.11. The van der Waals surface area contributed by atoms with Crippen LogP contribution in [-0.2, 0) is 6.54 Å². The summed E-state index contributed by atoms with van der Waals surface area (Å²) >= 11 is 7.09. The van der Waals surface area contributed by atoms with E-state index in [4.69, 9.17) is 4.74 Å². The third-order valence-electron chi connectivity index (χ3n) is 2.31. The Morgan fingerprint density at radius 2 is 1.83 bits per heavy atom.